The van der Waals surface area contributed by atoms with Gasteiger partial charge in [-0.25, -0.2) is 9.79 Å². The molecule has 2 N–H and O–H groups in total. The van der Waals surface area contributed by atoms with Crippen LogP contribution in [0.3, 0.4) is 0 Å². The second kappa shape index (κ2) is 6.50. The molecule has 5 nitrogen and oxygen atoms in total. The number of carbonyl (C=O) groups is 1. The summed E-state index contributed by atoms with van der Waals surface area (Å²) in [5.74, 6) is -1.14. The van der Waals surface area contributed by atoms with Crippen molar-refractivity contribution in [2.24, 2.45) is 4.99 Å². The van der Waals surface area contributed by atoms with Crippen LogP contribution in [0.1, 0.15) is 10.4 Å². The van der Waals surface area contributed by atoms with Crippen LogP contribution in [0.4, 0.5) is 5.69 Å². The standard InChI is InChI=1S/C10H7Cl2N3O2S/c1-18-10(14-4-13)15-7-3-5(9(16)17)2-6(11)8(7)12/h2-3H,1H3,(H,14,15)(H,16,17). The topological polar surface area (TPSA) is 85.5 Å². The summed E-state index contributed by atoms with van der Waals surface area (Å²) in [6.45, 7) is 0. The van der Waals surface area contributed by atoms with E-state index in [1.807, 2.05) is 0 Å². The number of hydrogen-bond donors (Lipinski definition) is 2. The van der Waals surface area contributed by atoms with Gasteiger partial charge in [-0.1, -0.05) is 35.0 Å². The van der Waals surface area contributed by atoms with Crippen LogP contribution in [0, 0.1) is 11.5 Å². The Hall–Kier alpha value is -1.42. The van der Waals surface area contributed by atoms with Crippen molar-refractivity contribution in [3.8, 4) is 6.19 Å². The molecule has 0 unspecified atom stereocenters. The third-order valence-electron chi connectivity index (χ3n) is 1.83. The number of aliphatic imine (C=N–C) groups is 1. The van der Waals surface area contributed by atoms with Crippen molar-refractivity contribution in [1.82, 2.24) is 5.32 Å². The molecule has 0 aliphatic heterocycles. The molecule has 0 aromatic heterocycles. The number of aromatic carboxylic acids is 1. The van der Waals surface area contributed by atoms with Crippen molar-refractivity contribution in [2.75, 3.05) is 6.26 Å². The zero-order valence-electron chi connectivity index (χ0n) is 9.07. The van der Waals surface area contributed by atoms with Gasteiger partial charge < -0.3 is 5.11 Å². The first-order valence-corrected chi connectivity index (χ1v) is 6.47. The summed E-state index contributed by atoms with van der Waals surface area (Å²) in [4.78, 5) is 14.9. The normalized spacial score (nSPS) is 10.9. The molecular formula is C10H7Cl2N3O2S. The van der Waals surface area contributed by atoms with Gasteiger partial charge in [-0.05, 0) is 18.4 Å². The maximum atomic E-state index is 10.9. The van der Waals surface area contributed by atoms with E-state index in [2.05, 4.69) is 10.3 Å². The maximum absolute atomic E-state index is 10.9. The molecule has 1 aromatic carbocycles. The summed E-state index contributed by atoms with van der Waals surface area (Å²) in [6.07, 6.45) is 3.42. The summed E-state index contributed by atoms with van der Waals surface area (Å²) < 4.78 is 0. The van der Waals surface area contributed by atoms with Crippen LogP contribution in [-0.4, -0.2) is 22.5 Å². The molecule has 0 radical (unpaired) electrons. The van der Waals surface area contributed by atoms with Crippen LogP contribution in [0.2, 0.25) is 10.0 Å². The molecule has 1 aromatic rings. The minimum Gasteiger partial charge on any atom is -0.478 e. The van der Waals surface area contributed by atoms with Gasteiger partial charge in [0.1, 0.15) is 0 Å². The van der Waals surface area contributed by atoms with Gasteiger partial charge in [0.2, 0.25) is 0 Å². The summed E-state index contributed by atoms with van der Waals surface area (Å²) in [6, 6.07) is 2.52. The fraction of sp³-hybridized carbons (Fsp3) is 0.100. The van der Waals surface area contributed by atoms with Gasteiger partial charge in [-0.2, -0.15) is 5.26 Å². The summed E-state index contributed by atoms with van der Waals surface area (Å²) >= 11 is 12.9. The number of amidine groups is 1. The quantitative estimate of drug-likeness (QED) is 0.379. The summed E-state index contributed by atoms with van der Waals surface area (Å²) in [7, 11) is 0. The highest BCUT2D eigenvalue weighted by atomic mass is 35.5. The molecule has 18 heavy (non-hydrogen) atoms. The zero-order valence-corrected chi connectivity index (χ0v) is 11.4. The van der Waals surface area contributed by atoms with Crippen molar-refractivity contribution in [1.29, 1.82) is 5.26 Å². The lowest BCUT2D eigenvalue weighted by Gasteiger charge is -2.05. The van der Waals surface area contributed by atoms with Crippen molar-refractivity contribution in [3.63, 3.8) is 0 Å². The Morgan fingerprint density at radius 3 is 2.72 bits per heavy atom. The summed E-state index contributed by atoms with van der Waals surface area (Å²) in [5.41, 5.74) is 0.161. The summed E-state index contributed by atoms with van der Waals surface area (Å²) in [5, 5.41) is 20.3. The molecule has 0 fully saturated rings. The molecule has 0 aliphatic rings. The average Bonchev–Trinajstić information content (AvgIpc) is 2.33. The van der Waals surface area contributed by atoms with E-state index in [0.29, 0.717) is 0 Å². The molecular weight excluding hydrogens is 297 g/mol. The predicted octanol–water partition coefficient (Wildman–Crippen LogP) is 3.11. The number of halogens is 2. The molecule has 1 rings (SSSR count). The van der Waals surface area contributed by atoms with Crippen LogP contribution in [0.15, 0.2) is 17.1 Å². The SMILES string of the molecule is CSC(=Nc1cc(C(=O)O)cc(Cl)c1Cl)NC#N. The van der Waals surface area contributed by atoms with E-state index in [9.17, 15) is 4.79 Å². The minimum absolute atomic E-state index is 0.0273. The highest BCUT2D eigenvalue weighted by Gasteiger charge is 2.12. The molecule has 0 aliphatic carbocycles. The van der Waals surface area contributed by atoms with Gasteiger partial charge in [-0.3, -0.25) is 5.32 Å². The second-order valence-electron chi connectivity index (χ2n) is 2.95. The predicted molar refractivity (Wildman–Crippen MR) is 72.8 cm³/mol. The van der Waals surface area contributed by atoms with E-state index < -0.39 is 5.97 Å². The first kappa shape index (κ1) is 14.6. The lowest BCUT2D eigenvalue weighted by atomic mass is 10.2. The molecule has 0 spiro atoms. The maximum Gasteiger partial charge on any atom is 0.335 e. The smallest absolute Gasteiger partial charge is 0.335 e. The fourth-order valence-corrected chi connectivity index (χ4v) is 1.76. The number of carboxylic acids is 1. The first-order valence-electron chi connectivity index (χ1n) is 4.49. The van der Waals surface area contributed by atoms with Crippen LogP contribution >= 0.6 is 35.0 Å². The van der Waals surface area contributed by atoms with E-state index >= 15 is 0 Å². The Morgan fingerprint density at radius 2 is 2.22 bits per heavy atom. The fourth-order valence-electron chi connectivity index (χ4n) is 1.06. The molecule has 94 valence electrons. The van der Waals surface area contributed by atoms with Crippen LogP contribution in [0.25, 0.3) is 0 Å². The first-order chi connectivity index (χ1) is 8.49. The Kier molecular flexibility index (Phi) is 5.28. The van der Waals surface area contributed by atoms with E-state index in [0.717, 1.165) is 0 Å². The Labute approximate surface area is 117 Å². The number of benzene rings is 1. The van der Waals surface area contributed by atoms with Gasteiger partial charge in [0.05, 0.1) is 21.3 Å². The third kappa shape index (κ3) is 3.53. The van der Waals surface area contributed by atoms with Gasteiger partial charge in [0.25, 0.3) is 0 Å². The van der Waals surface area contributed by atoms with Crippen LogP contribution in [-0.2, 0) is 0 Å². The average molecular weight is 304 g/mol. The third-order valence-corrected chi connectivity index (χ3v) is 3.21. The van der Waals surface area contributed by atoms with Crippen molar-refractivity contribution >= 4 is 51.8 Å². The van der Waals surface area contributed by atoms with Crippen LogP contribution in [0.5, 0.6) is 0 Å². The van der Waals surface area contributed by atoms with Crippen molar-refractivity contribution in [2.45, 2.75) is 0 Å². The van der Waals surface area contributed by atoms with E-state index in [4.69, 9.17) is 33.6 Å². The number of rotatable bonds is 2. The van der Waals surface area contributed by atoms with Crippen molar-refractivity contribution in [3.05, 3.63) is 27.7 Å². The molecule has 0 amide bonds. The highest BCUT2D eigenvalue weighted by Crippen LogP contribution is 2.34. The molecule has 0 saturated carbocycles. The van der Waals surface area contributed by atoms with E-state index in [1.54, 1.807) is 12.4 Å². The number of nitrogens with one attached hydrogen (secondary N) is 1. The molecule has 0 saturated heterocycles. The van der Waals surface area contributed by atoms with Crippen molar-refractivity contribution < 1.29 is 9.90 Å². The number of thioether (sulfide) groups is 1. The van der Waals surface area contributed by atoms with Gasteiger partial charge in [0.15, 0.2) is 11.4 Å². The van der Waals surface area contributed by atoms with Gasteiger partial charge in [0, 0.05) is 0 Å². The lowest BCUT2D eigenvalue weighted by molar-refractivity contribution is 0.0697. The molecule has 0 bridgehead atoms. The number of hydrogen-bond acceptors (Lipinski definition) is 4. The number of nitriles is 1. The minimum atomic E-state index is -1.14. The van der Waals surface area contributed by atoms with Gasteiger partial charge in [-0.15, -0.1) is 0 Å². The molecule has 0 atom stereocenters. The van der Waals surface area contributed by atoms with Crippen LogP contribution < -0.4 is 5.32 Å². The lowest BCUT2D eigenvalue weighted by Crippen LogP contribution is -2.12. The Bertz CT molecular complexity index is 555. The monoisotopic (exact) mass is 303 g/mol. The molecule has 0 heterocycles. The number of nitrogens with zero attached hydrogens (tertiary/aromatic N) is 2. The Balaban J connectivity index is 3.31. The highest BCUT2D eigenvalue weighted by molar-refractivity contribution is 8.13. The Morgan fingerprint density at radius 1 is 1.56 bits per heavy atom. The number of carboxylic acid groups (broad SMARTS) is 1. The largest absolute Gasteiger partial charge is 0.478 e. The second-order valence-corrected chi connectivity index (χ2v) is 4.53. The zero-order chi connectivity index (χ0) is 13.7. The van der Waals surface area contributed by atoms with E-state index in [-0.39, 0.29) is 26.5 Å². The molecule has 8 heteroatoms. The van der Waals surface area contributed by atoms with E-state index in [1.165, 1.54) is 23.9 Å². The van der Waals surface area contributed by atoms with Gasteiger partial charge >= 0.3 is 5.97 Å².